The van der Waals surface area contributed by atoms with E-state index in [0.717, 1.165) is 26.2 Å². The molecular weight excluding hydrogens is 289 g/mol. The molecule has 20 heavy (non-hydrogen) atoms. The standard InChI is InChI=1S/C6H12N2O2.C4H5N.H3O4P/c1-10-6(9)8-4-2-7-3-5-8;1-2-4-5-3-1;1-5(2,3)4/h7H,2-5H2,1H3;1-5H;(H3,1,2,3,4). The molecule has 116 valence electrons. The van der Waals surface area contributed by atoms with Crippen molar-refractivity contribution in [3.8, 4) is 0 Å². The van der Waals surface area contributed by atoms with E-state index in [1.54, 1.807) is 4.90 Å². The highest BCUT2D eigenvalue weighted by molar-refractivity contribution is 7.45. The number of rotatable bonds is 0. The number of hydrogen-bond donors (Lipinski definition) is 5. The zero-order chi connectivity index (χ0) is 15.4. The second-order valence-corrected chi connectivity index (χ2v) is 4.63. The predicted octanol–water partition coefficient (Wildman–Crippen LogP) is -0.256. The summed E-state index contributed by atoms with van der Waals surface area (Å²) in [6.45, 7) is 3.25. The maximum Gasteiger partial charge on any atom is 0.466 e. The summed E-state index contributed by atoms with van der Waals surface area (Å²) in [5.41, 5.74) is 0. The number of carbonyl (C=O) groups is 1. The van der Waals surface area contributed by atoms with Crippen LogP contribution in [0.15, 0.2) is 24.5 Å². The van der Waals surface area contributed by atoms with Crippen LogP contribution in [0.4, 0.5) is 4.79 Å². The minimum Gasteiger partial charge on any atom is -0.453 e. The third kappa shape index (κ3) is 13.1. The fraction of sp³-hybridized carbons (Fsp3) is 0.500. The molecule has 0 aromatic carbocycles. The number of carbonyl (C=O) groups excluding carboxylic acids is 1. The Morgan fingerprint density at radius 3 is 1.95 bits per heavy atom. The van der Waals surface area contributed by atoms with E-state index in [0.29, 0.717) is 0 Å². The summed E-state index contributed by atoms with van der Waals surface area (Å²) in [4.78, 5) is 37.0. The molecule has 1 saturated heterocycles. The molecule has 0 atom stereocenters. The van der Waals surface area contributed by atoms with E-state index < -0.39 is 7.82 Å². The minimum absolute atomic E-state index is 0.221. The molecule has 2 rings (SSSR count). The molecule has 5 N–H and O–H groups in total. The number of hydrogen-bond acceptors (Lipinski definition) is 4. The average Bonchev–Trinajstić information content (AvgIpc) is 2.96. The number of methoxy groups -OCH3 is 1. The van der Waals surface area contributed by atoms with Gasteiger partial charge in [0.1, 0.15) is 0 Å². The van der Waals surface area contributed by atoms with Crippen molar-refractivity contribution in [2.45, 2.75) is 0 Å². The second-order valence-electron chi connectivity index (χ2n) is 3.61. The molecule has 10 heteroatoms. The number of nitrogens with zero attached hydrogens (tertiary/aromatic N) is 1. The summed E-state index contributed by atoms with van der Waals surface area (Å²) >= 11 is 0. The quantitative estimate of drug-likeness (QED) is 0.417. The molecule has 1 aromatic heterocycles. The molecule has 2 heterocycles. The van der Waals surface area contributed by atoms with Crippen LogP contribution in [0.1, 0.15) is 0 Å². The van der Waals surface area contributed by atoms with Crippen LogP contribution in [0.2, 0.25) is 0 Å². The lowest BCUT2D eigenvalue weighted by molar-refractivity contribution is 0.118. The number of ether oxygens (including phenoxy) is 1. The van der Waals surface area contributed by atoms with Crippen molar-refractivity contribution in [3.05, 3.63) is 24.5 Å². The van der Waals surface area contributed by atoms with E-state index in [-0.39, 0.29) is 6.09 Å². The van der Waals surface area contributed by atoms with Crippen molar-refractivity contribution < 1.29 is 28.8 Å². The first-order valence-electron chi connectivity index (χ1n) is 5.74. The first-order valence-corrected chi connectivity index (χ1v) is 7.30. The molecule has 1 aromatic rings. The van der Waals surface area contributed by atoms with E-state index in [1.165, 1.54) is 7.11 Å². The van der Waals surface area contributed by atoms with Gasteiger partial charge in [0.2, 0.25) is 0 Å². The number of amides is 1. The zero-order valence-corrected chi connectivity index (χ0v) is 12.0. The van der Waals surface area contributed by atoms with Gasteiger partial charge in [0.25, 0.3) is 0 Å². The molecule has 1 aliphatic heterocycles. The summed E-state index contributed by atoms with van der Waals surface area (Å²) in [7, 11) is -3.23. The Hall–Kier alpha value is -1.38. The number of aromatic nitrogens is 1. The lowest BCUT2D eigenvalue weighted by atomic mass is 10.4. The van der Waals surface area contributed by atoms with Crippen molar-refractivity contribution in [3.63, 3.8) is 0 Å². The van der Waals surface area contributed by atoms with E-state index in [4.69, 9.17) is 19.2 Å². The number of H-pyrrole nitrogens is 1. The highest BCUT2D eigenvalue weighted by atomic mass is 31.2. The van der Waals surface area contributed by atoms with Crippen LogP contribution < -0.4 is 5.32 Å². The lowest BCUT2D eigenvalue weighted by Gasteiger charge is -2.25. The summed E-state index contributed by atoms with van der Waals surface area (Å²) in [6.07, 6.45) is 3.53. The summed E-state index contributed by atoms with van der Waals surface area (Å²) in [5.74, 6) is 0. The SMILES string of the molecule is COC(=O)N1CCNCC1.O=P(O)(O)O.c1cc[nH]c1. The van der Waals surface area contributed by atoms with Crippen LogP contribution >= 0.6 is 7.82 Å². The first kappa shape index (κ1) is 18.6. The highest BCUT2D eigenvalue weighted by Crippen LogP contribution is 2.25. The Morgan fingerprint density at radius 1 is 1.20 bits per heavy atom. The van der Waals surface area contributed by atoms with Gasteiger partial charge in [-0.3, -0.25) is 0 Å². The summed E-state index contributed by atoms with van der Waals surface area (Å²) in [5, 5.41) is 3.14. The number of nitrogens with one attached hydrogen (secondary N) is 2. The molecule has 0 saturated carbocycles. The largest absolute Gasteiger partial charge is 0.466 e. The predicted molar refractivity (Wildman–Crippen MR) is 71.9 cm³/mol. The average molecular weight is 309 g/mol. The smallest absolute Gasteiger partial charge is 0.453 e. The van der Waals surface area contributed by atoms with Crippen LogP contribution in [-0.2, 0) is 9.30 Å². The van der Waals surface area contributed by atoms with Gasteiger partial charge in [-0.2, -0.15) is 0 Å². The van der Waals surface area contributed by atoms with E-state index in [9.17, 15) is 4.79 Å². The maximum absolute atomic E-state index is 10.8. The summed E-state index contributed by atoms with van der Waals surface area (Å²) < 4.78 is 13.4. The van der Waals surface area contributed by atoms with Crippen molar-refractivity contribution in [2.75, 3.05) is 33.3 Å². The number of piperazine rings is 1. The third-order valence-corrected chi connectivity index (χ3v) is 2.05. The fourth-order valence-electron chi connectivity index (χ4n) is 1.25. The van der Waals surface area contributed by atoms with E-state index in [1.807, 2.05) is 24.5 Å². The van der Waals surface area contributed by atoms with Gasteiger partial charge < -0.3 is 34.6 Å². The highest BCUT2D eigenvalue weighted by Gasteiger charge is 2.15. The second kappa shape index (κ2) is 10.4. The number of phosphoric acid groups is 1. The summed E-state index contributed by atoms with van der Waals surface area (Å²) in [6, 6.07) is 3.89. The van der Waals surface area contributed by atoms with Gasteiger partial charge in [-0.25, -0.2) is 9.36 Å². The molecule has 0 radical (unpaired) electrons. The van der Waals surface area contributed by atoms with Gasteiger partial charge >= 0.3 is 13.9 Å². The Morgan fingerprint density at radius 2 is 1.65 bits per heavy atom. The molecule has 0 unspecified atom stereocenters. The van der Waals surface area contributed by atoms with Crippen molar-refractivity contribution in [1.29, 1.82) is 0 Å². The Balaban J connectivity index is 0.000000304. The topological polar surface area (TPSA) is 135 Å². The minimum atomic E-state index is -4.64. The molecule has 1 aliphatic rings. The zero-order valence-electron chi connectivity index (χ0n) is 11.1. The van der Waals surface area contributed by atoms with E-state index >= 15 is 0 Å². The molecule has 0 bridgehead atoms. The van der Waals surface area contributed by atoms with Crippen LogP contribution in [0.5, 0.6) is 0 Å². The van der Waals surface area contributed by atoms with Crippen LogP contribution in [0.3, 0.4) is 0 Å². The molecule has 9 nitrogen and oxygen atoms in total. The fourth-order valence-corrected chi connectivity index (χ4v) is 1.25. The normalized spacial score (nSPS) is 14.3. The van der Waals surface area contributed by atoms with Crippen LogP contribution in [-0.4, -0.2) is 63.9 Å². The molecule has 1 amide bonds. The molecule has 1 fully saturated rings. The first-order chi connectivity index (χ1) is 9.34. The monoisotopic (exact) mass is 309 g/mol. The van der Waals surface area contributed by atoms with Crippen LogP contribution in [0.25, 0.3) is 0 Å². The van der Waals surface area contributed by atoms with E-state index in [2.05, 4.69) is 15.0 Å². The number of aromatic amines is 1. The van der Waals surface area contributed by atoms with Gasteiger partial charge in [-0.15, -0.1) is 0 Å². The van der Waals surface area contributed by atoms with Gasteiger partial charge in [0.05, 0.1) is 7.11 Å². The Bertz CT molecular complexity index is 362. The van der Waals surface area contributed by atoms with Crippen molar-refractivity contribution in [1.82, 2.24) is 15.2 Å². The molecular formula is C10H20N3O6P. The van der Waals surface area contributed by atoms with Gasteiger partial charge in [-0.05, 0) is 12.1 Å². The van der Waals surface area contributed by atoms with Gasteiger partial charge in [-0.1, -0.05) is 0 Å². The lowest BCUT2D eigenvalue weighted by Crippen LogP contribution is -2.46. The maximum atomic E-state index is 10.8. The Kier molecular flexibility index (Phi) is 9.69. The third-order valence-electron chi connectivity index (χ3n) is 2.05. The van der Waals surface area contributed by atoms with Gasteiger partial charge in [0, 0.05) is 38.6 Å². The Labute approximate surface area is 116 Å². The molecule has 0 aliphatic carbocycles. The van der Waals surface area contributed by atoms with Crippen LogP contribution in [0, 0.1) is 0 Å². The van der Waals surface area contributed by atoms with Gasteiger partial charge in [0.15, 0.2) is 0 Å². The van der Waals surface area contributed by atoms with Crippen molar-refractivity contribution >= 4 is 13.9 Å². The van der Waals surface area contributed by atoms with Crippen molar-refractivity contribution in [2.24, 2.45) is 0 Å². The molecule has 0 spiro atoms.